The molecule has 0 fully saturated rings. The molecular formula is C26H25ClN2O4. The Labute approximate surface area is 198 Å². The third-order valence-corrected chi connectivity index (χ3v) is 4.71. The van der Waals surface area contributed by atoms with Crippen LogP contribution in [0.1, 0.15) is 55.3 Å². The number of nitrogens with zero attached hydrogens (tertiary/aromatic N) is 2. The number of imide groups is 2. The van der Waals surface area contributed by atoms with E-state index in [1.165, 1.54) is 6.38 Å². The van der Waals surface area contributed by atoms with Crippen molar-refractivity contribution in [2.24, 2.45) is 0 Å². The molecule has 2 heterocycles. The third-order valence-electron chi connectivity index (χ3n) is 4.71. The predicted octanol–water partition coefficient (Wildman–Crippen LogP) is 5.10. The summed E-state index contributed by atoms with van der Waals surface area (Å²) in [5.41, 5.74) is 1.14. The molecule has 0 saturated carbocycles. The van der Waals surface area contributed by atoms with Gasteiger partial charge in [-0.05, 0) is 24.3 Å². The second-order valence-corrected chi connectivity index (χ2v) is 6.46. The molecular weight excluding hydrogens is 440 g/mol. The van der Waals surface area contributed by atoms with E-state index in [9.17, 15) is 19.2 Å². The van der Waals surface area contributed by atoms with Crippen molar-refractivity contribution in [2.45, 2.75) is 13.8 Å². The van der Waals surface area contributed by atoms with Gasteiger partial charge in [-0.15, -0.1) is 11.6 Å². The largest absolute Gasteiger partial charge is 0.269 e. The van der Waals surface area contributed by atoms with Gasteiger partial charge in [-0.25, -0.2) is 0 Å². The number of rotatable bonds is 2. The van der Waals surface area contributed by atoms with Crippen LogP contribution in [-0.4, -0.2) is 46.5 Å². The van der Waals surface area contributed by atoms with Gasteiger partial charge in [0.15, 0.2) is 0 Å². The molecule has 3 aromatic rings. The molecule has 33 heavy (non-hydrogen) atoms. The summed E-state index contributed by atoms with van der Waals surface area (Å²) >= 11 is 4.64. The SMILES string of the molecule is CC.CCl.O=C1c2ccccc2C(=O)N1CN1C(=O)c2ccccc2C1=O.c1ccccc1. The fourth-order valence-corrected chi connectivity index (χ4v) is 3.26. The summed E-state index contributed by atoms with van der Waals surface area (Å²) in [4.78, 5) is 51.2. The lowest BCUT2D eigenvalue weighted by molar-refractivity contribution is 0.0471. The third kappa shape index (κ3) is 5.35. The van der Waals surface area contributed by atoms with Gasteiger partial charge in [0, 0.05) is 6.38 Å². The van der Waals surface area contributed by atoms with Crippen molar-refractivity contribution in [3.05, 3.63) is 107 Å². The quantitative estimate of drug-likeness (QED) is 0.390. The van der Waals surface area contributed by atoms with Crippen molar-refractivity contribution < 1.29 is 19.2 Å². The number of benzene rings is 3. The van der Waals surface area contributed by atoms with E-state index in [-0.39, 0.29) is 28.9 Å². The van der Waals surface area contributed by atoms with E-state index < -0.39 is 23.6 Å². The Kier molecular flexibility index (Phi) is 9.51. The normalized spacial score (nSPS) is 13.1. The maximum absolute atomic E-state index is 12.3. The highest BCUT2D eigenvalue weighted by atomic mass is 35.5. The van der Waals surface area contributed by atoms with E-state index in [0.717, 1.165) is 9.80 Å². The fourth-order valence-electron chi connectivity index (χ4n) is 3.26. The Morgan fingerprint density at radius 2 is 0.697 bits per heavy atom. The second-order valence-electron chi connectivity index (χ2n) is 6.46. The van der Waals surface area contributed by atoms with Crippen molar-refractivity contribution >= 4 is 35.2 Å². The lowest BCUT2D eigenvalue weighted by Crippen LogP contribution is -2.43. The topological polar surface area (TPSA) is 74.8 Å². The van der Waals surface area contributed by atoms with Crippen molar-refractivity contribution in [1.29, 1.82) is 0 Å². The van der Waals surface area contributed by atoms with Crippen LogP contribution >= 0.6 is 11.6 Å². The molecule has 0 saturated heterocycles. The number of amides is 4. The average molecular weight is 465 g/mol. The van der Waals surface area contributed by atoms with Gasteiger partial charge in [-0.2, -0.15) is 0 Å². The number of alkyl halides is 1. The van der Waals surface area contributed by atoms with Gasteiger partial charge in [0.25, 0.3) is 23.6 Å². The molecule has 0 atom stereocenters. The van der Waals surface area contributed by atoms with Crippen LogP contribution in [0.25, 0.3) is 0 Å². The highest BCUT2D eigenvalue weighted by molar-refractivity contribution is 6.24. The minimum Gasteiger partial charge on any atom is -0.269 e. The minimum atomic E-state index is -0.498. The Bertz CT molecular complexity index is 962. The molecule has 3 aromatic carbocycles. The van der Waals surface area contributed by atoms with E-state index in [1.54, 1.807) is 48.5 Å². The van der Waals surface area contributed by atoms with E-state index in [2.05, 4.69) is 11.6 Å². The molecule has 2 aliphatic rings. The van der Waals surface area contributed by atoms with Gasteiger partial charge in [0.2, 0.25) is 0 Å². The van der Waals surface area contributed by atoms with Gasteiger partial charge >= 0.3 is 0 Å². The van der Waals surface area contributed by atoms with Gasteiger partial charge < -0.3 is 0 Å². The van der Waals surface area contributed by atoms with Gasteiger partial charge in [0.05, 0.1) is 22.3 Å². The smallest absolute Gasteiger partial charge is 0.263 e. The van der Waals surface area contributed by atoms with Crippen LogP contribution in [0.4, 0.5) is 0 Å². The number of hydrogen-bond donors (Lipinski definition) is 0. The molecule has 5 rings (SSSR count). The molecule has 4 amide bonds. The Balaban J connectivity index is 0.000000327. The Morgan fingerprint density at radius 1 is 0.485 bits per heavy atom. The van der Waals surface area contributed by atoms with Gasteiger partial charge in [0.1, 0.15) is 6.67 Å². The first-order valence-corrected chi connectivity index (χ1v) is 11.1. The number of hydrogen-bond acceptors (Lipinski definition) is 4. The van der Waals surface area contributed by atoms with Crippen LogP contribution in [0.15, 0.2) is 84.9 Å². The second kappa shape index (κ2) is 12.3. The predicted molar refractivity (Wildman–Crippen MR) is 128 cm³/mol. The molecule has 2 aliphatic heterocycles. The van der Waals surface area contributed by atoms with Crippen LogP contribution < -0.4 is 0 Å². The van der Waals surface area contributed by atoms with Crippen LogP contribution in [0.5, 0.6) is 0 Å². The highest BCUT2D eigenvalue weighted by Gasteiger charge is 2.41. The van der Waals surface area contributed by atoms with Crippen molar-refractivity contribution in [3.63, 3.8) is 0 Å². The highest BCUT2D eigenvalue weighted by Crippen LogP contribution is 2.26. The summed E-state index contributed by atoms with van der Waals surface area (Å²) in [7, 11) is 0. The first-order valence-electron chi connectivity index (χ1n) is 10.4. The maximum Gasteiger partial charge on any atom is 0.263 e. The summed E-state index contributed by atoms with van der Waals surface area (Å²) < 4.78 is 0. The van der Waals surface area contributed by atoms with E-state index >= 15 is 0 Å². The molecule has 0 spiro atoms. The molecule has 0 bridgehead atoms. The van der Waals surface area contributed by atoms with Crippen LogP contribution in [0, 0.1) is 0 Å². The standard InChI is InChI=1S/C17H10N2O4.C6H6.C2H6.CH3Cl/c20-14-10-5-1-2-6-11(10)15(21)18(14)9-19-16(22)12-7-3-4-8-13(12)17(19)23;1-2-4-6-5-3-1;2*1-2/h1-8H,9H2;1-6H;1-2H3;1H3. The van der Waals surface area contributed by atoms with E-state index in [1.807, 2.05) is 50.2 Å². The summed E-state index contributed by atoms with van der Waals surface area (Å²) in [6.07, 6.45) is 1.47. The zero-order chi connectivity index (χ0) is 24.4. The fraction of sp³-hybridized carbons (Fsp3) is 0.154. The molecule has 0 aromatic heterocycles. The van der Waals surface area contributed by atoms with Crippen molar-refractivity contribution in [3.8, 4) is 0 Å². The molecule has 0 radical (unpaired) electrons. The zero-order valence-corrected chi connectivity index (χ0v) is 19.5. The van der Waals surface area contributed by atoms with E-state index in [4.69, 9.17) is 0 Å². The van der Waals surface area contributed by atoms with Crippen LogP contribution in [0.3, 0.4) is 0 Å². The Morgan fingerprint density at radius 3 is 0.909 bits per heavy atom. The molecule has 7 heteroatoms. The number of carbonyl (C=O) groups excluding carboxylic acids is 4. The molecule has 0 unspecified atom stereocenters. The minimum absolute atomic E-state index is 0.286. The Hall–Kier alpha value is -3.77. The van der Waals surface area contributed by atoms with Crippen LogP contribution in [-0.2, 0) is 0 Å². The summed E-state index contributed by atoms with van der Waals surface area (Å²) in [6, 6.07) is 24.9. The summed E-state index contributed by atoms with van der Waals surface area (Å²) in [6.45, 7) is 3.62. The van der Waals surface area contributed by atoms with E-state index in [0.29, 0.717) is 0 Å². The van der Waals surface area contributed by atoms with Crippen LogP contribution in [0.2, 0.25) is 0 Å². The lowest BCUT2D eigenvalue weighted by Gasteiger charge is -2.20. The maximum atomic E-state index is 12.3. The monoisotopic (exact) mass is 464 g/mol. The first kappa shape index (κ1) is 25.5. The summed E-state index contributed by atoms with van der Waals surface area (Å²) in [5, 5.41) is 0. The summed E-state index contributed by atoms with van der Waals surface area (Å²) in [5.74, 6) is -1.99. The molecule has 0 N–H and O–H groups in total. The lowest BCUT2D eigenvalue weighted by atomic mass is 10.1. The zero-order valence-electron chi connectivity index (χ0n) is 18.7. The van der Waals surface area contributed by atoms with Crippen molar-refractivity contribution in [2.75, 3.05) is 13.1 Å². The van der Waals surface area contributed by atoms with Crippen molar-refractivity contribution in [1.82, 2.24) is 9.80 Å². The molecule has 170 valence electrons. The number of halogens is 1. The number of fused-ring (bicyclic) bond motifs is 2. The average Bonchev–Trinajstić information content (AvgIpc) is 3.29. The first-order chi connectivity index (χ1) is 16.1. The molecule has 0 aliphatic carbocycles. The van der Waals surface area contributed by atoms with Gasteiger partial charge in [-0.1, -0.05) is 74.5 Å². The van der Waals surface area contributed by atoms with Gasteiger partial charge in [-0.3, -0.25) is 29.0 Å². The molecule has 6 nitrogen and oxygen atoms in total. The number of carbonyl (C=O) groups is 4.